The number of rotatable bonds is 5. The predicted molar refractivity (Wildman–Crippen MR) is 75.4 cm³/mol. The van der Waals surface area contributed by atoms with E-state index in [2.05, 4.69) is 10.6 Å². The van der Waals surface area contributed by atoms with Crippen LogP contribution in [-0.4, -0.2) is 31.0 Å². The maximum absolute atomic E-state index is 12.1. The average molecular weight is 277 g/mol. The lowest BCUT2D eigenvalue weighted by molar-refractivity contribution is -0.120. The molecular formula is C14H19N3O3. The molecule has 2 rings (SSSR count). The van der Waals surface area contributed by atoms with Crippen LogP contribution in [0.2, 0.25) is 0 Å². The number of ether oxygens (including phenoxy) is 1. The maximum Gasteiger partial charge on any atom is 0.255 e. The minimum Gasteiger partial charge on any atom is -0.484 e. The molecule has 0 aliphatic carbocycles. The van der Waals surface area contributed by atoms with Crippen molar-refractivity contribution in [2.45, 2.75) is 25.3 Å². The number of nitrogens with one attached hydrogen (secondary N) is 2. The van der Waals surface area contributed by atoms with Gasteiger partial charge < -0.3 is 21.1 Å². The molecule has 0 saturated carbocycles. The van der Waals surface area contributed by atoms with E-state index in [9.17, 15) is 9.59 Å². The molecule has 1 heterocycles. The molecule has 108 valence electrons. The summed E-state index contributed by atoms with van der Waals surface area (Å²) in [5.74, 6) is -0.0826. The molecule has 0 radical (unpaired) electrons. The van der Waals surface area contributed by atoms with Crippen LogP contribution in [0.3, 0.4) is 0 Å². The van der Waals surface area contributed by atoms with Gasteiger partial charge in [0.2, 0.25) is 5.91 Å². The van der Waals surface area contributed by atoms with E-state index in [4.69, 9.17) is 10.5 Å². The number of amides is 2. The van der Waals surface area contributed by atoms with Gasteiger partial charge in [-0.3, -0.25) is 9.59 Å². The molecule has 2 amide bonds. The Hall–Kier alpha value is -2.08. The fourth-order valence-electron chi connectivity index (χ4n) is 2.12. The van der Waals surface area contributed by atoms with Crippen LogP contribution >= 0.6 is 0 Å². The van der Waals surface area contributed by atoms with Crippen molar-refractivity contribution in [3.05, 3.63) is 24.3 Å². The van der Waals surface area contributed by atoms with Crippen molar-refractivity contribution in [3.63, 3.8) is 0 Å². The van der Waals surface area contributed by atoms with Crippen LogP contribution in [0.4, 0.5) is 5.69 Å². The smallest absolute Gasteiger partial charge is 0.255 e. The van der Waals surface area contributed by atoms with E-state index in [1.165, 1.54) is 0 Å². The molecule has 0 bridgehead atoms. The molecule has 4 N–H and O–H groups in total. The van der Waals surface area contributed by atoms with Crippen LogP contribution in [0, 0.1) is 0 Å². The van der Waals surface area contributed by atoms with E-state index >= 15 is 0 Å². The van der Waals surface area contributed by atoms with Gasteiger partial charge in [-0.15, -0.1) is 0 Å². The first-order chi connectivity index (χ1) is 9.65. The molecule has 1 atom stereocenters. The predicted octanol–water partition coefficient (Wildman–Crippen LogP) is 0.631. The summed E-state index contributed by atoms with van der Waals surface area (Å²) in [6.07, 6.45) is 3.02. The summed E-state index contributed by atoms with van der Waals surface area (Å²) in [6.45, 7) is 0.696. The highest BCUT2D eigenvalue weighted by Crippen LogP contribution is 2.18. The lowest BCUT2D eigenvalue weighted by Crippen LogP contribution is -2.43. The standard InChI is InChI=1S/C14H19N3O3/c15-13(18)9-20-11-5-3-4-10(8-11)17-14(19)12-6-1-2-7-16-12/h3-5,8,12,16H,1-2,6-7,9H2,(H2,15,18)(H,17,19). The number of piperidine rings is 1. The second-order valence-corrected chi connectivity index (χ2v) is 4.77. The van der Waals surface area contributed by atoms with Crippen LogP contribution in [0.15, 0.2) is 24.3 Å². The van der Waals surface area contributed by atoms with E-state index in [0.717, 1.165) is 25.8 Å². The van der Waals surface area contributed by atoms with Gasteiger partial charge in [-0.1, -0.05) is 12.5 Å². The van der Waals surface area contributed by atoms with Crippen molar-refractivity contribution in [2.24, 2.45) is 5.73 Å². The van der Waals surface area contributed by atoms with Crippen molar-refractivity contribution < 1.29 is 14.3 Å². The van der Waals surface area contributed by atoms with Gasteiger partial charge in [-0.05, 0) is 31.5 Å². The van der Waals surface area contributed by atoms with Gasteiger partial charge in [0.25, 0.3) is 5.91 Å². The SMILES string of the molecule is NC(=O)COc1cccc(NC(=O)C2CCCCN2)c1. The van der Waals surface area contributed by atoms with Crippen LogP contribution in [-0.2, 0) is 9.59 Å². The molecule has 1 saturated heterocycles. The number of hydrogen-bond donors (Lipinski definition) is 3. The molecule has 1 aromatic carbocycles. The Bertz CT molecular complexity index is 484. The molecule has 1 fully saturated rings. The normalized spacial score (nSPS) is 18.3. The summed E-state index contributed by atoms with van der Waals surface area (Å²) in [7, 11) is 0. The molecule has 6 heteroatoms. The van der Waals surface area contributed by atoms with Crippen LogP contribution in [0.5, 0.6) is 5.75 Å². The quantitative estimate of drug-likeness (QED) is 0.736. The Morgan fingerprint density at radius 1 is 1.40 bits per heavy atom. The summed E-state index contributed by atoms with van der Waals surface area (Å²) in [6, 6.07) is 6.76. The lowest BCUT2D eigenvalue weighted by Gasteiger charge is -2.22. The zero-order valence-corrected chi connectivity index (χ0v) is 11.2. The molecule has 1 unspecified atom stereocenters. The molecule has 1 aromatic rings. The fourth-order valence-corrected chi connectivity index (χ4v) is 2.12. The fraction of sp³-hybridized carbons (Fsp3) is 0.429. The molecule has 6 nitrogen and oxygen atoms in total. The lowest BCUT2D eigenvalue weighted by atomic mass is 10.0. The zero-order chi connectivity index (χ0) is 14.4. The van der Waals surface area contributed by atoms with Crippen LogP contribution in [0.25, 0.3) is 0 Å². The van der Waals surface area contributed by atoms with Crippen LogP contribution in [0.1, 0.15) is 19.3 Å². The van der Waals surface area contributed by atoms with Gasteiger partial charge in [0, 0.05) is 11.8 Å². The molecule has 1 aliphatic rings. The first-order valence-electron chi connectivity index (χ1n) is 6.70. The van der Waals surface area contributed by atoms with Gasteiger partial charge in [0.1, 0.15) is 5.75 Å². The van der Waals surface area contributed by atoms with Gasteiger partial charge >= 0.3 is 0 Å². The number of nitrogens with two attached hydrogens (primary N) is 1. The Kier molecular flexibility index (Phi) is 4.95. The summed E-state index contributed by atoms with van der Waals surface area (Å²) in [4.78, 5) is 22.7. The van der Waals surface area contributed by atoms with E-state index in [1.54, 1.807) is 24.3 Å². The van der Waals surface area contributed by atoms with Crippen molar-refractivity contribution in [2.75, 3.05) is 18.5 Å². The highest BCUT2D eigenvalue weighted by molar-refractivity contribution is 5.95. The van der Waals surface area contributed by atoms with Crippen molar-refractivity contribution in [1.82, 2.24) is 5.32 Å². The van der Waals surface area contributed by atoms with Gasteiger partial charge in [0.05, 0.1) is 6.04 Å². The third-order valence-electron chi connectivity index (χ3n) is 3.11. The number of primary amides is 1. The second kappa shape index (κ2) is 6.91. The topological polar surface area (TPSA) is 93.5 Å². The molecule has 20 heavy (non-hydrogen) atoms. The monoisotopic (exact) mass is 277 g/mol. The van der Waals surface area contributed by atoms with E-state index < -0.39 is 5.91 Å². The van der Waals surface area contributed by atoms with Gasteiger partial charge in [-0.2, -0.15) is 0 Å². The molecule has 0 aromatic heterocycles. The first kappa shape index (κ1) is 14.3. The number of carbonyl (C=O) groups excluding carboxylic acids is 2. The number of benzene rings is 1. The summed E-state index contributed by atoms with van der Waals surface area (Å²) in [5, 5.41) is 6.03. The maximum atomic E-state index is 12.1. The van der Waals surface area contributed by atoms with E-state index in [-0.39, 0.29) is 18.6 Å². The molecule has 0 spiro atoms. The minimum absolute atomic E-state index is 0.0447. The summed E-state index contributed by atoms with van der Waals surface area (Å²) in [5.41, 5.74) is 5.66. The van der Waals surface area contributed by atoms with Crippen molar-refractivity contribution >= 4 is 17.5 Å². The molecular weight excluding hydrogens is 258 g/mol. The molecule has 1 aliphatic heterocycles. The van der Waals surface area contributed by atoms with Gasteiger partial charge in [-0.25, -0.2) is 0 Å². The Labute approximate surface area is 117 Å². The Balaban J connectivity index is 1.93. The Morgan fingerprint density at radius 2 is 2.25 bits per heavy atom. The third kappa shape index (κ3) is 4.24. The van der Waals surface area contributed by atoms with Crippen LogP contribution < -0.4 is 21.1 Å². The number of hydrogen-bond acceptors (Lipinski definition) is 4. The van der Waals surface area contributed by atoms with E-state index in [1.807, 2.05) is 0 Å². The Morgan fingerprint density at radius 3 is 2.95 bits per heavy atom. The first-order valence-corrected chi connectivity index (χ1v) is 6.70. The second-order valence-electron chi connectivity index (χ2n) is 4.77. The highest BCUT2D eigenvalue weighted by atomic mass is 16.5. The number of anilines is 1. The highest BCUT2D eigenvalue weighted by Gasteiger charge is 2.20. The third-order valence-corrected chi connectivity index (χ3v) is 3.11. The van der Waals surface area contributed by atoms with Crippen molar-refractivity contribution in [3.8, 4) is 5.75 Å². The minimum atomic E-state index is -0.536. The van der Waals surface area contributed by atoms with E-state index in [0.29, 0.717) is 11.4 Å². The van der Waals surface area contributed by atoms with Gasteiger partial charge in [0.15, 0.2) is 6.61 Å². The zero-order valence-electron chi connectivity index (χ0n) is 11.2. The summed E-state index contributed by atoms with van der Waals surface area (Å²) < 4.78 is 5.19. The average Bonchev–Trinajstić information content (AvgIpc) is 2.46. The summed E-state index contributed by atoms with van der Waals surface area (Å²) >= 11 is 0. The van der Waals surface area contributed by atoms with Crippen molar-refractivity contribution in [1.29, 1.82) is 0 Å². The largest absolute Gasteiger partial charge is 0.484 e. The number of carbonyl (C=O) groups is 2.